The molecule has 0 unspecified atom stereocenters. The number of hydrogen-bond acceptors (Lipinski definition) is 6. The van der Waals surface area contributed by atoms with E-state index in [2.05, 4.69) is 5.32 Å². The Bertz CT molecular complexity index is 1110. The second-order valence-electron chi connectivity index (χ2n) is 6.23. The number of nitrogens with one attached hydrogen (secondary N) is 1. The molecule has 0 radical (unpaired) electrons. The Hall–Kier alpha value is -3.36. The molecule has 1 heterocycles. The highest BCUT2D eigenvalue weighted by molar-refractivity contribution is 6.40. The summed E-state index contributed by atoms with van der Waals surface area (Å²) in [4.78, 5) is 49.2. The summed E-state index contributed by atoms with van der Waals surface area (Å²) in [5, 5.41) is 13.3. The van der Waals surface area contributed by atoms with E-state index in [1.54, 1.807) is 19.1 Å². The van der Waals surface area contributed by atoms with Gasteiger partial charge in [0, 0.05) is 15.6 Å². The molecule has 8 nitrogen and oxygen atoms in total. The lowest BCUT2D eigenvalue weighted by Crippen LogP contribution is -2.54. The van der Waals surface area contributed by atoms with Gasteiger partial charge in [-0.05, 0) is 48.9 Å². The summed E-state index contributed by atoms with van der Waals surface area (Å²) in [5.41, 5.74) is 0.578. The summed E-state index contributed by atoms with van der Waals surface area (Å²) < 4.78 is 5.13. The molecule has 30 heavy (non-hydrogen) atoms. The van der Waals surface area contributed by atoms with Crippen molar-refractivity contribution < 1.29 is 29.0 Å². The number of urea groups is 1. The van der Waals surface area contributed by atoms with Crippen LogP contribution in [0.5, 0.6) is 5.75 Å². The zero-order valence-electron chi connectivity index (χ0n) is 15.4. The summed E-state index contributed by atoms with van der Waals surface area (Å²) >= 11 is 12.0. The summed E-state index contributed by atoms with van der Waals surface area (Å²) in [5.74, 6) is -3.21. The Morgan fingerprint density at radius 3 is 2.50 bits per heavy atom. The number of aryl methyl sites for hydroxylation is 1. The Balaban J connectivity index is 2.06. The average molecular weight is 448 g/mol. The highest BCUT2D eigenvalue weighted by Crippen LogP contribution is 2.30. The van der Waals surface area contributed by atoms with Crippen LogP contribution in [-0.4, -0.2) is 30.4 Å². The fourth-order valence-electron chi connectivity index (χ4n) is 2.76. The van der Waals surface area contributed by atoms with Gasteiger partial charge < -0.3 is 14.6 Å². The molecule has 1 aliphatic rings. The van der Waals surface area contributed by atoms with E-state index < -0.39 is 30.4 Å². The number of barbiturate groups is 1. The smallest absolute Gasteiger partial charge is 0.335 e. The van der Waals surface area contributed by atoms with E-state index in [9.17, 15) is 24.3 Å². The maximum atomic E-state index is 13.0. The summed E-state index contributed by atoms with van der Waals surface area (Å²) in [6.45, 7) is 0.930. The molecule has 154 valence electrons. The Morgan fingerprint density at radius 2 is 1.80 bits per heavy atom. The van der Waals surface area contributed by atoms with Gasteiger partial charge >= 0.3 is 6.03 Å². The van der Waals surface area contributed by atoms with Crippen LogP contribution in [0.25, 0.3) is 6.08 Å². The maximum Gasteiger partial charge on any atom is 0.335 e. The maximum absolute atomic E-state index is 13.0. The minimum Gasteiger partial charge on any atom is -0.546 e. The van der Waals surface area contributed by atoms with Crippen LogP contribution in [0, 0.1) is 6.92 Å². The van der Waals surface area contributed by atoms with E-state index in [1.807, 2.05) is 0 Å². The van der Waals surface area contributed by atoms with E-state index in [0.29, 0.717) is 10.6 Å². The molecule has 0 spiro atoms. The van der Waals surface area contributed by atoms with E-state index >= 15 is 0 Å². The largest absolute Gasteiger partial charge is 0.546 e. The van der Waals surface area contributed by atoms with Crippen molar-refractivity contribution in [3.63, 3.8) is 0 Å². The number of carbonyl (C=O) groups excluding carboxylic acids is 4. The summed E-state index contributed by atoms with van der Waals surface area (Å²) in [6, 6.07) is 7.94. The first-order valence-corrected chi connectivity index (χ1v) is 9.23. The van der Waals surface area contributed by atoms with Crippen LogP contribution in [0.1, 0.15) is 11.1 Å². The van der Waals surface area contributed by atoms with Crippen molar-refractivity contribution in [2.75, 3.05) is 11.5 Å². The van der Waals surface area contributed by atoms with Gasteiger partial charge in [-0.1, -0.05) is 29.3 Å². The van der Waals surface area contributed by atoms with Crippen molar-refractivity contribution in [2.24, 2.45) is 0 Å². The van der Waals surface area contributed by atoms with E-state index in [1.165, 1.54) is 24.3 Å². The molecule has 0 aromatic heterocycles. The lowest BCUT2D eigenvalue weighted by molar-refractivity contribution is -0.307. The number of carbonyl (C=O) groups is 4. The molecule has 1 saturated heterocycles. The van der Waals surface area contributed by atoms with Crippen LogP contribution < -0.4 is 20.1 Å². The molecule has 4 amide bonds. The number of benzene rings is 2. The number of carboxylic acids is 1. The van der Waals surface area contributed by atoms with Gasteiger partial charge in [0.25, 0.3) is 11.8 Å². The topological polar surface area (TPSA) is 116 Å². The number of aliphatic carboxylic acids is 1. The van der Waals surface area contributed by atoms with Crippen molar-refractivity contribution in [1.29, 1.82) is 0 Å². The van der Waals surface area contributed by atoms with E-state index in [0.717, 1.165) is 11.0 Å². The zero-order chi connectivity index (χ0) is 22.0. The second-order valence-corrected chi connectivity index (χ2v) is 7.10. The number of nitrogens with zero attached hydrogens (tertiary/aromatic N) is 1. The van der Waals surface area contributed by atoms with Gasteiger partial charge in [-0.2, -0.15) is 0 Å². The fraction of sp³-hybridized carbons (Fsp3) is 0.100. The van der Waals surface area contributed by atoms with Crippen molar-refractivity contribution in [3.05, 3.63) is 63.1 Å². The molecule has 0 atom stereocenters. The van der Waals surface area contributed by atoms with Gasteiger partial charge in [0.15, 0.2) is 0 Å². The van der Waals surface area contributed by atoms with Crippen LogP contribution in [-0.2, 0) is 14.4 Å². The molecule has 0 saturated carbocycles. The molecule has 1 N–H and O–H groups in total. The second kappa shape index (κ2) is 8.56. The molecule has 0 bridgehead atoms. The highest BCUT2D eigenvalue weighted by atomic mass is 35.5. The van der Waals surface area contributed by atoms with Gasteiger partial charge in [-0.3, -0.25) is 14.9 Å². The Kier molecular flexibility index (Phi) is 6.09. The van der Waals surface area contributed by atoms with Crippen LogP contribution in [0.3, 0.4) is 0 Å². The molecule has 1 fully saturated rings. The summed E-state index contributed by atoms with van der Waals surface area (Å²) in [6.07, 6.45) is 1.16. The van der Waals surface area contributed by atoms with E-state index in [4.69, 9.17) is 27.9 Å². The van der Waals surface area contributed by atoms with Crippen LogP contribution in [0.4, 0.5) is 10.5 Å². The normalized spacial score (nSPS) is 15.4. The third-order valence-electron chi connectivity index (χ3n) is 4.13. The predicted molar refractivity (Wildman–Crippen MR) is 107 cm³/mol. The number of ether oxygens (including phenoxy) is 1. The third kappa shape index (κ3) is 4.45. The highest BCUT2D eigenvalue weighted by Gasteiger charge is 2.37. The number of hydrogen-bond donors (Lipinski definition) is 1. The van der Waals surface area contributed by atoms with Gasteiger partial charge in [0.1, 0.15) is 17.9 Å². The lowest BCUT2D eigenvalue weighted by Gasteiger charge is -2.27. The van der Waals surface area contributed by atoms with Crippen molar-refractivity contribution in [2.45, 2.75) is 6.92 Å². The first-order valence-electron chi connectivity index (χ1n) is 8.47. The first kappa shape index (κ1) is 21.4. The van der Waals surface area contributed by atoms with Gasteiger partial charge in [0.2, 0.25) is 0 Å². The molecular weight excluding hydrogens is 435 g/mol. The number of rotatable bonds is 5. The zero-order valence-corrected chi connectivity index (χ0v) is 16.9. The number of carboxylic acid groups (broad SMARTS) is 1. The van der Waals surface area contributed by atoms with Crippen LogP contribution in [0.15, 0.2) is 42.0 Å². The van der Waals surface area contributed by atoms with E-state index in [-0.39, 0.29) is 27.6 Å². The molecule has 3 rings (SSSR count). The predicted octanol–water partition coefficient (Wildman–Crippen LogP) is 2.10. The number of imide groups is 2. The number of anilines is 1. The molecule has 10 heteroatoms. The van der Waals surface area contributed by atoms with Gasteiger partial charge in [-0.15, -0.1) is 0 Å². The SMILES string of the molecule is Cc1ccc(Cl)cc1N1C(=O)NC(=O)/C(=C\c2cc(Cl)ccc2OCC(=O)[O-])C1=O. The monoisotopic (exact) mass is 447 g/mol. The standard InChI is InChI=1S/C20H14Cl2N2O6/c1-10-2-3-13(22)8-15(10)24-19(28)14(18(27)23-20(24)29)7-11-6-12(21)4-5-16(11)30-9-17(25)26/h2-8H,9H2,1H3,(H,25,26)(H,23,27,29)/p-1/b14-7+. The van der Waals surface area contributed by atoms with Crippen molar-refractivity contribution >= 4 is 58.8 Å². The summed E-state index contributed by atoms with van der Waals surface area (Å²) in [7, 11) is 0. The number of halogens is 2. The molecular formula is C20H13Cl2N2O6-. The van der Waals surface area contributed by atoms with Crippen molar-refractivity contribution in [1.82, 2.24) is 5.32 Å². The lowest BCUT2D eigenvalue weighted by atomic mass is 10.0. The van der Waals surface area contributed by atoms with Gasteiger partial charge in [-0.25, -0.2) is 9.69 Å². The Morgan fingerprint density at radius 1 is 1.13 bits per heavy atom. The minimum absolute atomic E-state index is 0.0547. The first-order chi connectivity index (χ1) is 14.2. The minimum atomic E-state index is -1.46. The van der Waals surface area contributed by atoms with Crippen molar-refractivity contribution in [3.8, 4) is 5.75 Å². The van der Waals surface area contributed by atoms with Gasteiger partial charge in [0.05, 0.1) is 11.7 Å². The quantitative estimate of drug-likeness (QED) is 0.553. The Labute approximate surface area is 180 Å². The third-order valence-corrected chi connectivity index (χ3v) is 4.60. The number of amides is 4. The molecule has 1 aliphatic heterocycles. The average Bonchev–Trinajstić information content (AvgIpc) is 2.67. The fourth-order valence-corrected chi connectivity index (χ4v) is 3.10. The molecule has 2 aromatic carbocycles. The van der Waals surface area contributed by atoms with Crippen LogP contribution in [0.2, 0.25) is 10.0 Å². The molecule has 0 aliphatic carbocycles. The van der Waals surface area contributed by atoms with Crippen LogP contribution >= 0.6 is 23.2 Å². The molecule has 2 aromatic rings.